The molecule has 0 saturated carbocycles. The molecular weight excluding hydrogens is 275 g/mol. The first-order chi connectivity index (χ1) is 10.1. The Kier molecular flexibility index (Phi) is 5.02. The molecule has 0 spiro atoms. The average Bonchev–Trinajstić information content (AvgIpc) is 2.48. The summed E-state index contributed by atoms with van der Waals surface area (Å²) < 4.78 is 40.7. The number of halogens is 3. The topological polar surface area (TPSA) is 12.0 Å². The molecule has 112 valence electrons. The highest BCUT2D eigenvalue weighted by molar-refractivity contribution is 5.37. The SMILES string of the molecule is CCCNC(c1ccccc1C)c1ccc(F)c(F)c1F. The zero-order valence-corrected chi connectivity index (χ0v) is 12.1. The van der Waals surface area contributed by atoms with E-state index >= 15 is 0 Å². The molecule has 1 unspecified atom stereocenters. The van der Waals surface area contributed by atoms with E-state index in [9.17, 15) is 13.2 Å². The molecular formula is C17H18F3N. The summed E-state index contributed by atoms with van der Waals surface area (Å²) in [4.78, 5) is 0. The molecule has 4 heteroatoms. The fraction of sp³-hybridized carbons (Fsp3) is 0.294. The molecule has 2 rings (SSSR count). The molecule has 0 heterocycles. The van der Waals surface area contributed by atoms with Crippen LogP contribution in [0.25, 0.3) is 0 Å². The summed E-state index contributed by atoms with van der Waals surface area (Å²) in [6, 6.07) is 9.27. The molecule has 0 fully saturated rings. The van der Waals surface area contributed by atoms with Gasteiger partial charge in [-0.2, -0.15) is 0 Å². The zero-order valence-electron chi connectivity index (χ0n) is 12.1. The lowest BCUT2D eigenvalue weighted by Crippen LogP contribution is -2.25. The van der Waals surface area contributed by atoms with Crippen LogP contribution in [0.5, 0.6) is 0 Å². The molecule has 21 heavy (non-hydrogen) atoms. The van der Waals surface area contributed by atoms with Crippen molar-refractivity contribution in [1.82, 2.24) is 5.32 Å². The highest BCUT2D eigenvalue weighted by Crippen LogP contribution is 2.28. The second kappa shape index (κ2) is 6.76. The summed E-state index contributed by atoms with van der Waals surface area (Å²) in [7, 11) is 0. The Bertz CT molecular complexity index is 625. The van der Waals surface area contributed by atoms with Crippen molar-refractivity contribution in [2.24, 2.45) is 0 Å². The Hall–Kier alpha value is -1.81. The molecule has 2 aromatic carbocycles. The minimum Gasteiger partial charge on any atom is -0.306 e. The number of aryl methyl sites for hydroxylation is 1. The van der Waals surface area contributed by atoms with Crippen LogP contribution in [0.3, 0.4) is 0 Å². The Balaban J connectivity index is 2.51. The minimum absolute atomic E-state index is 0.122. The van der Waals surface area contributed by atoms with E-state index in [0.717, 1.165) is 23.6 Å². The molecule has 0 aliphatic heterocycles. The Morgan fingerprint density at radius 3 is 2.33 bits per heavy atom. The third kappa shape index (κ3) is 3.27. The first kappa shape index (κ1) is 15.6. The number of hydrogen-bond donors (Lipinski definition) is 1. The number of nitrogens with one attached hydrogen (secondary N) is 1. The third-order valence-electron chi connectivity index (χ3n) is 3.47. The molecule has 0 amide bonds. The predicted molar refractivity (Wildman–Crippen MR) is 77.6 cm³/mol. The van der Waals surface area contributed by atoms with E-state index in [1.165, 1.54) is 6.07 Å². The summed E-state index contributed by atoms with van der Waals surface area (Å²) in [6.07, 6.45) is 0.855. The Labute approximate surface area is 122 Å². The molecule has 1 atom stereocenters. The molecule has 0 aromatic heterocycles. The van der Waals surface area contributed by atoms with Crippen molar-refractivity contribution in [3.63, 3.8) is 0 Å². The van der Waals surface area contributed by atoms with Crippen LogP contribution in [0.1, 0.15) is 36.1 Å². The number of benzene rings is 2. The van der Waals surface area contributed by atoms with Crippen molar-refractivity contribution in [3.05, 3.63) is 70.5 Å². The van der Waals surface area contributed by atoms with Gasteiger partial charge in [-0.25, -0.2) is 13.2 Å². The van der Waals surface area contributed by atoms with E-state index < -0.39 is 23.5 Å². The van der Waals surface area contributed by atoms with E-state index in [0.29, 0.717) is 6.54 Å². The molecule has 0 radical (unpaired) electrons. The molecule has 1 nitrogen and oxygen atoms in total. The maximum Gasteiger partial charge on any atom is 0.194 e. The highest BCUT2D eigenvalue weighted by Gasteiger charge is 2.22. The largest absolute Gasteiger partial charge is 0.306 e. The van der Waals surface area contributed by atoms with Crippen molar-refractivity contribution >= 4 is 0 Å². The van der Waals surface area contributed by atoms with Crippen LogP contribution < -0.4 is 5.32 Å². The van der Waals surface area contributed by atoms with E-state index in [-0.39, 0.29) is 5.56 Å². The molecule has 2 aromatic rings. The van der Waals surface area contributed by atoms with Gasteiger partial charge in [-0.1, -0.05) is 37.3 Å². The van der Waals surface area contributed by atoms with Gasteiger partial charge >= 0.3 is 0 Å². The van der Waals surface area contributed by atoms with Crippen LogP contribution in [0, 0.1) is 24.4 Å². The van der Waals surface area contributed by atoms with E-state index in [4.69, 9.17) is 0 Å². The second-order valence-corrected chi connectivity index (χ2v) is 5.01. The van der Waals surface area contributed by atoms with Crippen molar-refractivity contribution in [1.29, 1.82) is 0 Å². The van der Waals surface area contributed by atoms with Crippen molar-refractivity contribution in [2.75, 3.05) is 6.54 Å². The second-order valence-electron chi connectivity index (χ2n) is 5.01. The summed E-state index contributed by atoms with van der Waals surface area (Å²) >= 11 is 0. The normalized spacial score (nSPS) is 12.4. The van der Waals surface area contributed by atoms with Gasteiger partial charge in [-0.05, 0) is 37.1 Å². The van der Waals surface area contributed by atoms with Gasteiger partial charge in [0.1, 0.15) is 0 Å². The molecule has 0 aliphatic rings. The summed E-state index contributed by atoms with van der Waals surface area (Å²) in [6.45, 7) is 4.55. The third-order valence-corrected chi connectivity index (χ3v) is 3.47. The first-order valence-electron chi connectivity index (χ1n) is 6.98. The highest BCUT2D eigenvalue weighted by atomic mass is 19.2. The van der Waals surface area contributed by atoms with Gasteiger partial charge in [0.25, 0.3) is 0 Å². The predicted octanol–water partition coefficient (Wildman–Crippen LogP) is 4.50. The zero-order chi connectivity index (χ0) is 15.4. The number of rotatable bonds is 5. The van der Waals surface area contributed by atoms with Crippen LogP contribution in [-0.4, -0.2) is 6.54 Å². The van der Waals surface area contributed by atoms with Crippen molar-refractivity contribution in [2.45, 2.75) is 26.3 Å². The average molecular weight is 293 g/mol. The minimum atomic E-state index is -1.43. The maximum atomic E-state index is 14.1. The lowest BCUT2D eigenvalue weighted by atomic mass is 9.94. The summed E-state index contributed by atoms with van der Waals surface area (Å²) in [5.41, 5.74) is 1.95. The van der Waals surface area contributed by atoms with E-state index in [1.54, 1.807) is 0 Å². The fourth-order valence-corrected chi connectivity index (χ4v) is 2.35. The van der Waals surface area contributed by atoms with Gasteiger partial charge < -0.3 is 5.32 Å². The van der Waals surface area contributed by atoms with Crippen LogP contribution in [-0.2, 0) is 0 Å². The Morgan fingerprint density at radius 1 is 0.952 bits per heavy atom. The molecule has 1 N–H and O–H groups in total. The standard InChI is InChI=1S/C17H18F3N/c1-3-10-21-17(12-7-5-4-6-11(12)2)13-8-9-14(18)16(20)15(13)19/h4-9,17,21H,3,10H2,1-2H3. The van der Waals surface area contributed by atoms with Crippen molar-refractivity contribution in [3.8, 4) is 0 Å². The lowest BCUT2D eigenvalue weighted by molar-refractivity contribution is 0.432. The lowest BCUT2D eigenvalue weighted by Gasteiger charge is -2.22. The van der Waals surface area contributed by atoms with Gasteiger partial charge in [0, 0.05) is 5.56 Å². The smallest absolute Gasteiger partial charge is 0.194 e. The summed E-state index contributed by atoms with van der Waals surface area (Å²) in [5.74, 6) is -3.73. The van der Waals surface area contributed by atoms with Crippen LogP contribution >= 0.6 is 0 Å². The molecule has 0 bridgehead atoms. The van der Waals surface area contributed by atoms with Gasteiger partial charge in [0.15, 0.2) is 17.5 Å². The quantitative estimate of drug-likeness (QED) is 0.800. The van der Waals surface area contributed by atoms with Crippen LogP contribution in [0.4, 0.5) is 13.2 Å². The van der Waals surface area contributed by atoms with Crippen molar-refractivity contribution < 1.29 is 13.2 Å². The van der Waals surface area contributed by atoms with E-state index in [2.05, 4.69) is 5.32 Å². The van der Waals surface area contributed by atoms with Gasteiger partial charge in [-0.3, -0.25) is 0 Å². The fourth-order valence-electron chi connectivity index (χ4n) is 2.35. The number of hydrogen-bond acceptors (Lipinski definition) is 1. The summed E-state index contributed by atoms with van der Waals surface area (Å²) in [5, 5.41) is 3.20. The van der Waals surface area contributed by atoms with Crippen LogP contribution in [0.15, 0.2) is 36.4 Å². The van der Waals surface area contributed by atoms with Gasteiger partial charge in [0.05, 0.1) is 6.04 Å². The molecule has 0 aliphatic carbocycles. The first-order valence-corrected chi connectivity index (χ1v) is 6.98. The Morgan fingerprint density at radius 2 is 1.67 bits per heavy atom. The monoisotopic (exact) mass is 293 g/mol. The van der Waals surface area contributed by atoms with E-state index in [1.807, 2.05) is 38.1 Å². The van der Waals surface area contributed by atoms with Crippen LogP contribution in [0.2, 0.25) is 0 Å². The molecule has 0 saturated heterocycles. The maximum absolute atomic E-state index is 14.1. The van der Waals surface area contributed by atoms with Gasteiger partial charge in [0.2, 0.25) is 0 Å². The van der Waals surface area contributed by atoms with Gasteiger partial charge in [-0.15, -0.1) is 0 Å².